The largest absolute Gasteiger partial charge is 0.489 e. The molecule has 0 aliphatic carbocycles. The first-order valence-corrected chi connectivity index (χ1v) is 10.8. The molecule has 0 amide bonds. The highest BCUT2D eigenvalue weighted by Crippen LogP contribution is 2.32. The summed E-state index contributed by atoms with van der Waals surface area (Å²) in [6.45, 7) is 4.37. The number of benzene rings is 4. The van der Waals surface area contributed by atoms with E-state index < -0.39 is 0 Å². The number of nitrogens with zero attached hydrogens (tertiary/aromatic N) is 4. The van der Waals surface area contributed by atoms with Gasteiger partial charge in [-0.05, 0) is 75.5 Å². The quantitative estimate of drug-likeness (QED) is 0.390. The minimum Gasteiger partial charge on any atom is -0.489 e. The molecule has 1 aromatic heterocycles. The Hall–Kier alpha value is -4.19. The van der Waals surface area contributed by atoms with Crippen LogP contribution in [0.5, 0.6) is 5.75 Å². The molecule has 0 fully saturated rings. The van der Waals surface area contributed by atoms with E-state index in [2.05, 4.69) is 71.9 Å². The Morgan fingerprint density at radius 2 is 1.64 bits per heavy atom. The number of aromatic nitrogens is 4. The number of tetrazole rings is 1. The van der Waals surface area contributed by atoms with E-state index in [4.69, 9.17) is 4.74 Å². The molecule has 0 bridgehead atoms. The van der Waals surface area contributed by atoms with Crippen molar-refractivity contribution in [3.05, 3.63) is 106 Å². The van der Waals surface area contributed by atoms with Crippen molar-refractivity contribution < 1.29 is 4.74 Å². The molecule has 4 aromatic carbocycles. The molecule has 0 saturated carbocycles. The third-order valence-corrected chi connectivity index (χ3v) is 5.98. The summed E-state index contributed by atoms with van der Waals surface area (Å²) in [4.78, 5) is 12.4. The molecule has 0 unspecified atom stereocenters. The van der Waals surface area contributed by atoms with Crippen molar-refractivity contribution in [2.24, 2.45) is 7.05 Å². The number of hydrogen-bond donors (Lipinski definition) is 0. The van der Waals surface area contributed by atoms with Gasteiger partial charge in [-0.2, -0.15) is 9.36 Å². The Kier molecular flexibility index (Phi) is 5.26. The van der Waals surface area contributed by atoms with Crippen molar-refractivity contribution in [1.82, 2.24) is 19.8 Å². The minimum absolute atomic E-state index is 0.294. The number of ether oxygens (including phenoxy) is 1. The summed E-state index contributed by atoms with van der Waals surface area (Å²) in [7, 11) is 1.58. The second-order valence-electron chi connectivity index (χ2n) is 8.17. The van der Waals surface area contributed by atoms with Gasteiger partial charge in [0.2, 0.25) is 0 Å². The molecule has 0 atom stereocenters. The van der Waals surface area contributed by atoms with Crippen LogP contribution >= 0.6 is 0 Å². The summed E-state index contributed by atoms with van der Waals surface area (Å²) in [5.74, 6) is 0.805. The fourth-order valence-corrected chi connectivity index (χ4v) is 4.14. The predicted molar refractivity (Wildman–Crippen MR) is 130 cm³/mol. The highest BCUT2D eigenvalue weighted by molar-refractivity contribution is 5.96. The molecular formula is C27H24N4O2. The molecule has 0 spiro atoms. The van der Waals surface area contributed by atoms with Crippen LogP contribution in [0.25, 0.3) is 27.6 Å². The van der Waals surface area contributed by atoms with Crippen molar-refractivity contribution in [3.63, 3.8) is 0 Å². The SMILES string of the molecule is Cc1cc(-c2cccc3ccccc23)ccc1OCc1c(C)cccc1-n1nnn(C)c1=O. The first-order valence-electron chi connectivity index (χ1n) is 10.8. The van der Waals surface area contributed by atoms with Crippen molar-refractivity contribution >= 4 is 10.8 Å². The fourth-order valence-electron chi connectivity index (χ4n) is 4.14. The van der Waals surface area contributed by atoms with Gasteiger partial charge in [-0.1, -0.05) is 60.7 Å². The van der Waals surface area contributed by atoms with Crippen molar-refractivity contribution in [3.8, 4) is 22.6 Å². The molecule has 0 radical (unpaired) electrons. The number of fused-ring (bicyclic) bond motifs is 1. The van der Waals surface area contributed by atoms with Gasteiger partial charge in [0.1, 0.15) is 12.4 Å². The van der Waals surface area contributed by atoms with Gasteiger partial charge < -0.3 is 4.74 Å². The first-order chi connectivity index (χ1) is 16.0. The smallest absolute Gasteiger partial charge is 0.368 e. The maximum atomic E-state index is 12.4. The number of rotatable bonds is 5. The second-order valence-corrected chi connectivity index (χ2v) is 8.17. The van der Waals surface area contributed by atoms with Crippen LogP contribution in [0.15, 0.2) is 83.7 Å². The summed E-state index contributed by atoms with van der Waals surface area (Å²) in [6, 6.07) is 26.8. The molecule has 0 aliphatic heterocycles. The van der Waals surface area contributed by atoms with Gasteiger partial charge in [0.05, 0.1) is 5.69 Å². The van der Waals surface area contributed by atoms with E-state index in [1.54, 1.807) is 7.05 Å². The molecule has 0 aliphatic rings. The molecule has 0 N–H and O–H groups in total. The van der Waals surface area contributed by atoms with Crippen molar-refractivity contribution in [1.29, 1.82) is 0 Å². The summed E-state index contributed by atoms with van der Waals surface area (Å²) >= 11 is 0. The molecule has 5 aromatic rings. The first kappa shape index (κ1) is 20.7. The van der Waals surface area contributed by atoms with Crippen LogP contribution in [0.2, 0.25) is 0 Å². The van der Waals surface area contributed by atoms with Crippen molar-refractivity contribution in [2.75, 3.05) is 0 Å². The Morgan fingerprint density at radius 3 is 2.42 bits per heavy atom. The highest BCUT2D eigenvalue weighted by Gasteiger charge is 2.14. The Morgan fingerprint density at radius 1 is 0.848 bits per heavy atom. The molecule has 33 heavy (non-hydrogen) atoms. The summed E-state index contributed by atoms with van der Waals surface area (Å²) in [5, 5.41) is 10.3. The Bertz CT molecular complexity index is 1530. The number of hydrogen-bond acceptors (Lipinski definition) is 4. The van der Waals surface area contributed by atoms with Crippen LogP contribution in [0.4, 0.5) is 0 Å². The Balaban J connectivity index is 1.45. The maximum Gasteiger partial charge on any atom is 0.368 e. The Labute approximate surface area is 191 Å². The average Bonchev–Trinajstić information content (AvgIpc) is 3.16. The van der Waals surface area contributed by atoms with Crippen LogP contribution < -0.4 is 10.4 Å². The zero-order valence-electron chi connectivity index (χ0n) is 18.8. The van der Waals surface area contributed by atoms with Crippen LogP contribution in [0.3, 0.4) is 0 Å². The molecule has 5 rings (SSSR count). The molecular weight excluding hydrogens is 412 g/mol. The lowest BCUT2D eigenvalue weighted by atomic mass is 9.97. The van der Waals surface area contributed by atoms with Gasteiger partial charge in [-0.15, -0.1) is 0 Å². The normalized spacial score (nSPS) is 11.1. The highest BCUT2D eigenvalue weighted by atomic mass is 16.5. The van der Waals surface area contributed by atoms with Crippen LogP contribution in [-0.2, 0) is 13.7 Å². The average molecular weight is 437 g/mol. The third-order valence-electron chi connectivity index (χ3n) is 5.98. The third kappa shape index (κ3) is 3.80. The van der Waals surface area contributed by atoms with E-state index in [0.717, 1.165) is 28.0 Å². The zero-order chi connectivity index (χ0) is 22.9. The van der Waals surface area contributed by atoms with Crippen LogP contribution in [0.1, 0.15) is 16.7 Å². The summed E-state index contributed by atoms with van der Waals surface area (Å²) < 4.78 is 8.74. The number of aryl methyl sites for hydroxylation is 3. The lowest BCUT2D eigenvalue weighted by molar-refractivity contribution is 0.302. The van der Waals surface area contributed by atoms with E-state index in [0.29, 0.717) is 12.3 Å². The second kappa shape index (κ2) is 8.39. The van der Waals surface area contributed by atoms with Gasteiger partial charge in [0.25, 0.3) is 0 Å². The lowest BCUT2D eigenvalue weighted by Crippen LogP contribution is -2.23. The molecule has 0 saturated heterocycles. The van der Waals surface area contributed by atoms with E-state index >= 15 is 0 Å². The van der Waals surface area contributed by atoms with Crippen molar-refractivity contribution in [2.45, 2.75) is 20.5 Å². The van der Waals surface area contributed by atoms with Gasteiger partial charge in [0.15, 0.2) is 0 Å². The van der Waals surface area contributed by atoms with Crippen LogP contribution in [0, 0.1) is 13.8 Å². The molecule has 1 heterocycles. The van der Waals surface area contributed by atoms with E-state index in [9.17, 15) is 4.79 Å². The van der Waals surface area contributed by atoms with Gasteiger partial charge in [-0.3, -0.25) is 0 Å². The van der Waals surface area contributed by atoms with E-state index in [-0.39, 0.29) is 5.69 Å². The van der Waals surface area contributed by atoms with E-state index in [1.165, 1.54) is 25.7 Å². The van der Waals surface area contributed by atoms with Gasteiger partial charge in [0, 0.05) is 12.6 Å². The van der Waals surface area contributed by atoms with Crippen LogP contribution in [-0.4, -0.2) is 19.8 Å². The lowest BCUT2D eigenvalue weighted by Gasteiger charge is -2.15. The predicted octanol–water partition coefficient (Wildman–Crippen LogP) is 4.98. The fraction of sp³-hybridized carbons (Fsp3) is 0.148. The summed E-state index contributed by atoms with van der Waals surface area (Å²) in [6.07, 6.45) is 0. The van der Waals surface area contributed by atoms with Gasteiger partial charge in [-0.25, -0.2) is 4.79 Å². The maximum absolute atomic E-state index is 12.4. The monoisotopic (exact) mass is 436 g/mol. The topological polar surface area (TPSA) is 61.9 Å². The standard InChI is InChI=1S/C27H24N4O2/c1-18-8-6-13-25(31-27(32)30(3)28-29-31)24(18)17-33-26-15-14-21(16-19(26)2)23-12-7-10-20-9-4-5-11-22(20)23/h4-16H,17H2,1-3H3. The zero-order valence-corrected chi connectivity index (χ0v) is 18.8. The molecule has 6 heteroatoms. The summed E-state index contributed by atoms with van der Waals surface area (Å²) in [5.41, 5.74) is 5.71. The van der Waals surface area contributed by atoms with Gasteiger partial charge >= 0.3 is 5.69 Å². The minimum atomic E-state index is -0.294. The molecule has 164 valence electrons. The van der Waals surface area contributed by atoms with E-state index in [1.807, 2.05) is 31.2 Å². The molecule has 6 nitrogen and oxygen atoms in total.